The highest BCUT2D eigenvalue weighted by atomic mass is 35.5. The third kappa shape index (κ3) is 2.45. The molecular formula is C17H15ClN2O. The average Bonchev–Trinajstić information content (AvgIpc) is 2.48. The van der Waals surface area contributed by atoms with Crippen LogP contribution >= 0.6 is 11.6 Å². The van der Waals surface area contributed by atoms with Crippen molar-refractivity contribution in [3.8, 4) is 11.1 Å². The van der Waals surface area contributed by atoms with Gasteiger partial charge in [0.2, 0.25) is 0 Å². The van der Waals surface area contributed by atoms with E-state index in [1.165, 1.54) is 5.56 Å². The first-order valence-electron chi connectivity index (χ1n) is 6.84. The Morgan fingerprint density at radius 2 is 1.86 bits per heavy atom. The van der Waals surface area contributed by atoms with Gasteiger partial charge in [-0.05, 0) is 23.1 Å². The van der Waals surface area contributed by atoms with E-state index in [1.54, 1.807) is 18.5 Å². The number of rotatable bonds is 2. The SMILES string of the molecule is CC(C)c1ccc(-c2c[nH]c3ccnc(Cl)c3c2=O)cc1. The van der Waals surface area contributed by atoms with Crippen molar-refractivity contribution in [1.29, 1.82) is 0 Å². The van der Waals surface area contributed by atoms with Gasteiger partial charge in [0.15, 0.2) is 5.43 Å². The van der Waals surface area contributed by atoms with Crippen molar-refractivity contribution in [1.82, 2.24) is 9.97 Å². The molecule has 4 heteroatoms. The summed E-state index contributed by atoms with van der Waals surface area (Å²) in [5.74, 6) is 0.465. The highest BCUT2D eigenvalue weighted by Gasteiger charge is 2.11. The van der Waals surface area contributed by atoms with Crippen molar-refractivity contribution < 1.29 is 0 Å². The summed E-state index contributed by atoms with van der Waals surface area (Å²) in [6, 6.07) is 9.78. The molecule has 0 aliphatic carbocycles. The summed E-state index contributed by atoms with van der Waals surface area (Å²) in [4.78, 5) is 19.7. The zero-order valence-corrected chi connectivity index (χ0v) is 12.6. The van der Waals surface area contributed by atoms with E-state index in [-0.39, 0.29) is 10.6 Å². The van der Waals surface area contributed by atoms with Gasteiger partial charge >= 0.3 is 0 Å². The quantitative estimate of drug-likeness (QED) is 0.714. The summed E-state index contributed by atoms with van der Waals surface area (Å²) in [5.41, 5.74) is 3.33. The molecule has 3 nitrogen and oxygen atoms in total. The molecule has 106 valence electrons. The molecule has 21 heavy (non-hydrogen) atoms. The third-order valence-electron chi connectivity index (χ3n) is 3.64. The number of halogens is 1. The molecule has 0 amide bonds. The topological polar surface area (TPSA) is 45.8 Å². The van der Waals surface area contributed by atoms with Gasteiger partial charge < -0.3 is 4.98 Å². The van der Waals surface area contributed by atoms with Gasteiger partial charge in [0, 0.05) is 18.0 Å². The van der Waals surface area contributed by atoms with Gasteiger partial charge in [-0.2, -0.15) is 0 Å². The van der Waals surface area contributed by atoms with E-state index in [4.69, 9.17) is 11.6 Å². The van der Waals surface area contributed by atoms with Gasteiger partial charge in [-0.25, -0.2) is 4.98 Å². The predicted octanol–water partition coefficient (Wildman–Crippen LogP) is 4.37. The van der Waals surface area contributed by atoms with Gasteiger partial charge in [-0.3, -0.25) is 4.79 Å². The average molecular weight is 299 g/mol. The first kappa shape index (κ1) is 13.8. The molecule has 0 bridgehead atoms. The molecule has 3 rings (SSSR count). The lowest BCUT2D eigenvalue weighted by Crippen LogP contribution is -2.07. The lowest BCUT2D eigenvalue weighted by atomic mass is 9.99. The van der Waals surface area contributed by atoms with Crippen molar-refractivity contribution in [2.24, 2.45) is 0 Å². The van der Waals surface area contributed by atoms with Crippen molar-refractivity contribution in [3.63, 3.8) is 0 Å². The summed E-state index contributed by atoms with van der Waals surface area (Å²) >= 11 is 6.06. The molecule has 0 fully saturated rings. The largest absolute Gasteiger partial charge is 0.360 e. The number of hydrogen-bond acceptors (Lipinski definition) is 2. The normalized spacial score (nSPS) is 11.2. The Kier molecular flexibility index (Phi) is 3.52. The van der Waals surface area contributed by atoms with E-state index in [0.717, 1.165) is 5.56 Å². The zero-order valence-electron chi connectivity index (χ0n) is 11.9. The molecule has 3 aromatic rings. The number of fused-ring (bicyclic) bond motifs is 1. The molecular weight excluding hydrogens is 284 g/mol. The Hall–Kier alpha value is -2.13. The van der Waals surface area contributed by atoms with E-state index < -0.39 is 0 Å². The van der Waals surface area contributed by atoms with Crippen molar-refractivity contribution in [3.05, 3.63) is 63.7 Å². The number of nitrogens with zero attached hydrogens (tertiary/aromatic N) is 1. The maximum Gasteiger partial charge on any atom is 0.200 e. The van der Waals surface area contributed by atoms with E-state index in [0.29, 0.717) is 22.4 Å². The summed E-state index contributed by atoms with van der Waals surface area (Å²) in [6.07, 6.45) is 3.31. The molecule has 0 atom stereocenters. The Balaban J connectivity index is 2.19. The summed E-state index contributed by atoms with van der Waals surface area (Å²) < 4.78 is 0. The molecule has 2 aromatic heterocycles. The number of H-pyrrole nitrogens is 1. The van der Waals surface area contributed by atoms with Crippen molar-refractivity contribution >= 4 is 22.5 Å². The second kappa shape index (κ2) is 5.34. The van der Waals surface area contributed by atoms with Gasteiger partial charge in [0.05, 0.1) is 10.9 Å². The summed E-state index contributed by atoms with van der Waals surface area (Å²) in [7, 11) is 0. The number of hydrogen-bond donors (Lipinski definition) is 1. The van der Waals surface area contributed by atoms with E-state index in [1.807, 2.05) is 12.1 Å². The van der Waals surface area contributed by atoms with Crippen LogP contribution in [-0.4, -0.2) is 9.97 Å². The van der Waals surface area contributed by atoms with Gasteiger partial charge in [0.25, 0.3) is 0 Å². The van der Waals surface area contributed by atoms with E-state index in [9.17, 15) is 4.79 Å². The number of pyridine rings is 2. The first-order valence-corrected chi connectivity index (χ1v) is 7.22. The lowest BCUT2D eigenvalue weighted by molar-refractivity contribution is 0.867. The van der Waals surface area contributed by atoms with Gasteiger partial charge in [0.1, 0.15) is 5.15 Å². The Bertz CT molecular complexity index is 851. The molecule has 0 saturated carbocycles. The zero-order chi connectivity index (χ0) is 15.0. The van der Waals surface area contributed by atoms with Gasteiger partial charge in [-0.15, -0.1) is 0 Å². The van der Waals surface area contributed by atoms with Gasteiger partial charge in [-0.1, -0.05) is 49.7 Å². The minimum Gasteiger partial charge on any atom is -0.360 e. The standard InChI is InChI=1S/C17H15ClN2O/c1-10(2)11-3-5-12(6-4-11)13-9-20-14-7-8-19-17(18)15(14)16(13)21/h3-10H,1-2H3,(H,20,21). The lowest BCUT2D eigenvalue weighted by Gasteiger charge is -2.08. The second-order valence-electron chi connectivity index (χ2n) is 5.33. The van der Waals surface area contributed by atoms with Crippen molar-refractivity contribution in [2.75, 3.05) is 0 Å². The fraction of sp³-hybridized carbons (Fsp3) is 0.176. The molecule has 0 spiro atoms. The van der Waals surface area contributed by atoms with E-state index in [2.05, 4.69) is 35.9 Å². The maximum absolute atomic E-state index is 12.6. The number of aromatic amines is 1. The van der Waals surface area contributed by atoms with Crippen LogP contribution in [0.3, 0.4) is 0 Å². The molecule has 0 aliphatic heterocycles. The fourth-order valence-electron chi connectivity index (χ4n) is 2.38. The molecule has 1 N–H and O–H groups in total. The number of aromatic nitrogens is 2. The minimum absolute atomic E-state index is 0.0980. The third-order valence-corrected chi connectivity index (χ3v) is 3.92. The Morgan fingerprint density at radius 3 is 2.52 bits per heavy atom. The fourth-order valence-corrected chi connectivity index (χ4v) is 2.63. The van der Waals surface area contributed by atoms with Crippen LogP contribution in [-0.2, 0) is 0 Å². The van der Waals surface area contributed by atoms with Crippen LogP contribution in [0.1, 0.15) is 25.3 Å². The highest BCUT2D eigenvalue weighted by molar-refractivity contribution is 6.34. The van der Waals surface area contributed by atoms with Crippen LogP contribution in [0.15, 0.2) is 47.5 Å². The molecule has 0 aliphatic rings. The maximum atomic E-state index is 12.6. The number of nitrogens with one attached hydrogen (secondary N) is 1. The molecule has 2 heterocycles. The van der Waals surface area contributed by atoms with E-state index >= 15 is 0 Å². The summed E-state index contributed by atoms with van der Waals surface area (Å²) in [5, 5.41) is 0.666. The van der Waals surface area contributed by atoms with Crippen LogP contribution < -0.4 is 5.43 Å². The first-order chi connectivity index (χ1) is 10.1. The predicted molar refractivity (Wildman–Crippen MR) is 86.9 cm³/mol. The molecule has 0 saturated heterocycles. The molecule has 0 unspecified atom stereocenters. The van der Waals surface area contributed by atoms with Crippen LogP contribution in [0.2, 0.25) is 5.15 Å². The monoisotopic (exact) mass is 298 g/mol. The summed E-state index contributed by atoms with van der Waals surface area (Å²) in [6.45, 7) is 4.28. The minimum atomic E-state index is -0.0980. The Morgan fingerprint density at radius 1 is 1.14 bits per heavy atom. The molecule has 0 radical (unpaired) electrons. The second-order valence-corrected chi connectivity index (χ2v) is 5.69. The van der Waals surface area contributed by atoms with Crippen LogP contribution in [0.25, 0.3) is 22.0 Å². The molecule has 1 aromatic carbocycles. The van der Waals surface area contributed by atoms with Crippen LogP contribution in [0, 0.1) is 0 Å². The van der Waals surface area contributed by atoms with Crippen LogP contribution in [0.5, 0.6) is 0 Å². The van der Waals surface area contributed by atoms with Crippen molar-refractivity contribution in [2.45, 2.75) is 19.8 Å². The van der Waals surface area contributed by atoms with Crippen LogP contribution in [0.4, 0.5) is 0 Å². The number of benzene rings is 1. The smallest absolute Gasteiger partial charge is 0.200 e. The Labute approximate surface area is 127 Å². The highest BCUT2D eigenvalue weighted by Crippen LogP contribution is 2.23.